The van der Waals surface area contributed by atoms with Crippen LogP contribution in [0.3, 0.4) is 0 Å². The molecule has 0 bridgehead atoms. The van der Waals surface area contributed by atoms with Gasteiger partial charge in [-0.25, -0.2) is 4.79 Å². The maximum absolute atomic E-state index is 12.8. The Balaban J connectivity index is 2.26. The van der Waals surface area contributed by atoms with Crippen molar-refractivity contribution in [3.8, 4) is 0 Å². The molecular formula is C19H24N2O4S. The normalized spacial score (nSPS) is 20.3. The SMILES string of the molecule is C=CCc1cc([C@@H](CCC)NC(=O)[C@]2(C)CSC(C(C)=O)=N2)oc(=O)c1. The van der Waals surface area contributed by atoms with Crippen molar-refractivity contribution in [3.05, 3.63) is 46.5 Å². The van der Waals surface area contributed by atoms with E-state index in [4.69, 9.17) is 4.42 Å². The number of thioether (sulfide) groups is 1. The van der Waals surface area contributed by atoms with Crippen LogP contribution in [0.4, 0.5) is 0 Å². The number of carbonyl (C=O) groups is 2. The molecule has 2 atom stereocenters. The predicted molar refractivity (Wildman–Crippen MR) is 104 cm³/mol. The van der Waals surface area contributed by atoms with Gasteiger partial charge in [-0.3, -0.25) is 14.6 Å². The maximum atomic E-state index is 12.8. The van der Waals surface area contributed by atoms with Gasteiger partial charge in [0.2, 0.25) is 5.91 Å². The van der Waals surface area contributed by atoms with Crippen molar-refractivity contribution in [3.63, 3.8) is 0 Å². The molecule has 0 spiro atoms. The van der Waals surface area contributed by atoms with Crippen molar-refractivity contribution in [1.29, 1.82) is 0 Å². The van der Waals surface area contributed by atoms with Crippen LogP contribution >= 0.6 is 11.8 Å². The third-order valence-electron chi connectivity index (χ3n) is 4.08. The summed E-state index contributed by atoms with van der Waals surface area (Å²) in [5.41, 5.74) is -0.660. The number of allylic oxidation sites excluding steroid dienone is 1. The Morgan fingerprint density at radius 1 is 1.50 bits per heavy atom. The summed E-state index contributed by atoms with van der Waals surface area (Å²) in [5.74, 6) is 0.415. The fraction of sp³-hybridized carbons (Fsp3) is 0.474. The van der Waals surface area contributed by atoms with Crippen molar-refractivity contribution < 1.29 is 14.0 Å². The largest absolute Gasteiger partial charge is 0.426 e. The molecule has 26 heavy (non-hydrogen) atoms. The number of carbonyl (C=O) groups excluding carboxylic acids is 2. The summed E-state index contributed by atoms with van der Waals surface area (Å²) in [6, 6.07) is 2.77. The highest BCUT2D eigenvalue weighted by molar-refractivity contribution is 8.16. The molecule has 0 fully saturated rings. The third-order valence-corrected chi connectivity index (χ3v) is 5.44. The quantitative estimate of drug-likeness (QED) is 0.705. The molecule has 0 radical (unpaired) electrons. The number of hydrogen-bond acceptors (Lipinski definition) is 6. The Bertz CT molecular complexity index is 799. The van der Waals surface area contributed by atoms with E-state index in [0.717, 1.165) is 12.0 Å². The van der Waals surface area contributed by atoms with E-state index in [1.165, 1.54) is 24.8 Å². The molecule has 0 aliphatic carbocycles. The van der Waals surface area contributed by atoms with Crippen LogP contribution in [0.2, 0.25) is 0 Å². The van der Waals surface area contributed by atoms with Gasteiger partial charge in [-0.1, -0.05) is 19.4 Å². The molecule has 2 rings (SSSR count). The molecular weight excluding hydrogens is 352 g/mol. The van der Waals surface area contributed by atoms with Crippen LogP contribution in [0.5, 0.6) is 0 Å². The Morgan fingerprint density at radius 2 is 2.23 bits per heavy atom. The van der Waals surface area contributed by atoms with Gasteiger partial charge in [0.1, 0.15) is 16.3 Å². The molecule has 0 saturated carbocycles. The average Bonchev–Trinajstić information content (AvgIpc) is 2.98. The summed E-state index contributed by atoms with van der Waals surface area (Å²) < 4.78 is 5.34. The first kappa shape index (κ1) is 20.2. The number of nitrogens with one attached hydrogen (secondary N) is 1. The monoisotopic (exact) mass is 376 g/mol. The zero-order valence-electron chi connectivity index (χ0n) is 15.3. The zero-order valence-corrected chi connectivity index (χ0v) is 16.1. The highest BCUT2D eigenvalue weighted by atomic mass is 32.2. The van der Waals surface area contributed by atoms with E-state index >= 15 is 0 Å². The van der Waals surface area contributed by atoms with Crippen LogP contribution in [-0.4, -0.2) is 28.0 Å². The van der Waals surface area contributed by atoms with Gasteiger partial charge in [-0.05, 0) is 31.4 Å². The van der Waals surface area contributed by atoms with Crippen LogP contribution in [-0.2, 0) is 16.0 Å². The molecule has 140 valence electrons. The summed E-state index contributed by atoms with van der Waals surface area (Å²) >= 11 is 1.29. The molecule has 0 saturated heterocycles. The van der Waals surface area contributed by atoms with Crippen molar-refractivity contribution in [2.24, 2.45) is 4.99 Å². The molecule has 0 aromatic carbocycles. The first-order valence-electron chi connectivity index (χ1n) is 8.58. The molecule has 1 amide bonds. The van der Waals surface area contributed by atoms with E-state index in [0.29, 0.717) is 29.4 Å². The summed E-state index contributed by atoms with van der Waals surface area (Å²) in [4.78, 5) is 40.5. The van der Waals surface area contributed by atoms with E-state index in [1.807, 2.05) is 6.92 Å². The van der Waals surface area contributed by atoms with Crippen molar-refractivity contribution in [2.75, 3.05) is 5.75 Å². The number of aliphatic imine (C=N–C) groups is 1. The first-order valence-corrected chi connectivity index (χ1v) is 9.57. The van der Waals surface area contributed by atoms with Gasteiger partial charge >= 0.3 is 5.63 Å². The lowest BCUT2D eigenvalue weighted by molar-refractivity contribution is -0.125. The second-order valence-electron chi connectivity index (χ2n) is 6.53. The molecule has 7 heteroatoms. The van der Waals surface area contributed by atoms with Crippen LogP contribution in [0, 0.1) is 0 Å². The summed E-state index contributed by atoms with van der Waals surface area (Å²) in [7, 11) is 0. The highest BCUT2D eigenvalue weighted by Crippen LogP contribution is 2.30. The Kier molecular flexibility index (Phi) is 6.58. The molecule has 1 aromatic heterocycles. The smallest absolute Gasteiger partial charge is 0.336 e. The van der Waals surface area contributed by atoms with Gasteiger partial charge in [-0.15, -0.1) is 18.3 Å². The third kappa shape index (κ3) is 4.72. The predicted octanol–water partition coefficient (Wildman–Crippen LogP) is 2.82. The topological polar surface area (TPSA) is 88.7 Å². The second kappa shape index (κ2) is 8.49. The molecule has 1 aliphatic heterocycles. The van der Waals surface area contributed by atoms with Crippen LogP contribution < -0.4 is 10.9 Å². The highest BCUT2D eigenvalue weighted by Gasteiger charge is 2.40. The van der Waals surface area contributed by atoms with Crippen LogP contribution in [0.25, 0.3) is 0 Å². The number of hydrogen-bond donors (Lipinski definition) is 1. The lowest BCUT2D eigenvalue weighted by atomic mass is 10.0. The van der Waals surface area contributed by atoms with E-state index < -0.39 is 17.2 Å². The van der Waals surface area contributed by atoms with Gasteiger partial charge < -0.3 is 9.73 Å². The molecule has 2 heterocycles. The molecule has 1 N–H and O–H groups in total. The number of Topliss-reactive ketones (excluding diaryl/α,β-unsaturated/α-hetero) is 1. The second-order valence-corrected chi connectivity index (χ2v) is 7.49. The Morgan fingerprint density at radius 3 is 2.81 bits per heavy atom. The average molecular weight is 376 g/mol. The fourth-order valence-corrected chi connectivity index (χ4v) is 3.77. The molecule has 1 aromatic rings. The van der Waals surface area contributed by atoms with E-state index in [1.54, 1.807) is 19.1 Å². The van der Waals surface area contributed by atoms with E-state index in [2.05, 4.69) is 16.9 Å². The maximum Gasteiger partial charge on any atom is 0.336 e. The summed E-state index contributed by atoms with van der Waals surface area (Å²) in [6.07, 6.45) is 3.68. The van der Waals surface area contributed by atoms with Crippen LogP contribution in [0.1, 0.15) is 51.0 Å². The summed E-state index contributed by atoms with van der Waals surface area (Å²) in [6.45, 7) is 8.82. The van der Waals surface area contributed by atoms with Gasteiger partial charge in [0.15, 0.2) is 5.78 Å². The minimum absolute atomic E-state index is 0.139. The van der Waals surface area contributed by atoms with Crippen molar-refractivity contribution in [1.82, 2.24) is 5.32 Å². The minimum Gasteiger partial charge on any atom is -0.426 e. The number of amides is 1. The van der Waals surface area contributed by atoms with Gasteiger partial charge in [0.25, 0.3) is 0 Å². The zero-order chi connectivity index (χ0) is 19.3. The van der Waals surface area contributed by atoms with Gasteiger partial charge in [0.05, 0.1) is 6.04 Å². The minimum atomic E-state index is -1.00. The Labute approximate surface area is 157 Å². The Hall–Kier alpha value is -2.15. The van der Waals surface area contributed by atoms with E-state index in [-0.39, 0.29) is 11.7 Å². The lowest BCUT2D eigenvalue weighted by Crippen LogP contribution is -2.45. The molecule has 0 unspecified atom stereocenters. The number of nitrogens with zero attached hydrogens (tertiary/aromatic N) is 1. The lowest BCUT2D eigenvalue weighted by Gasteiger charge is -2.24. The van der Waals surface area contributed by atoms with Gasteiger partial charge in [0, 0.05) is 18.7 Å². The molecule has 1 aliphatic rings. The van der Waals surface area contributed by atoms with E-state index in [9.17, 15) is 14.4 Å². The van der Waals surface area contributed by atoms with Crippen LogP contribution in [0.15, 0.2) is 39.0 Å². The molecule has 6 nitrogen and oxygen atoms in total. The number of rotatable bonds is 8. The van der Waals surface area contributed by atoms with Crippen molar-refractivity contribution in [2.45, 2.75) is 51.6 Å². The summed E-state index contributed by atoms with van der Waals surface area (Å²) in [5, 5.41) is 3.31. The fourth-order valence-electron chi connectivity index (χ4n) is 2.69. The van der Waals surface area contributed by atoms with Gasteiger partial charge in [-0.2, -0.15) is 0 Å². The standard InChI is InChI=1S/C19H24N2O4S/c1-5-7-13-9-15(25-16(23)10-13)14(8-6-2)20-18(24)19(4)11-26-17(21-19)12(3)22/h5,9-10,14H,1,6-8,11H2,2-4H3,(H,20,24)/t14-,19+/m1/s1. The first-order chi connectivity index (χ1) is 12.3. The number of ketones is 1. The van der Waals surface area contributed by atoms with Crippen molar-refractivity contribution >= 4 is 28.5 Å².